The molecule has 2 nitrogen and oxygen atoms in total. The zero-order valence-electron chi connectivity index (χ0n) is 12.4. The average molecular weight is 293 g/mol. The molecule has 0 amide bonds. The molecule has 0 saturated heterocycles. The Morgan fingerprint density at radius 2 is 1.76 bits per heavy atom. The highest BCUT2D eigenvalue weighted by atomic mass is 19.1. The van der Waals surface area contributed by atoms with Gasteiger partial charge in [-0.15, -0.1) is 0 Å². The second kappa shape index (κ2) is 6.11. The van der Waals surface area contributed by atoms with E-state index in [0.717, 1.165) is 25.0 Å². The number of hydrogen-bond acceptors (Lipinski definition) is 2. The van der Waals surface area contributed by atoms with E-state index in [1.807, 2.05) is 0 Å². The highest BCUT2D eigenvalue weighted by molar-refractivity contribution is 5.26. The lowest BCUT2D eigenvalue weighted by molar-refractivity contribution is 0.0144. The van der Waals surface area contributed by atoms with Crippen molar-refractivity contribution in [2.45, 2.75) is 45.6 Å². The molecule has 1 atom stereocenters. The van der Waals surface area contributed by atoms with E-state index in [-0.39, 0.29) is 5.56 Å². The fourth-order valence-electron chi connectivity index (χ4n) is 3.32. The van der Waals surface area contributed by atoms with Crippen LogP contribution in [0.15, 0.2) is 18.2 Å². The molecule has 1 aromatic rings. The highest BCUT2D eigenvalue weighted by Gasteiger charge is 2.44. The van der Waals surface area contributed by atoms with Gasteiger partial charge in [-0.1, -0.05) is 19.9 Å². The van der Waals surface area contributed by atoms with Crippen LogP contribution >= 0.6 is 0 Å². The summed E-state index contributed by atoms with van der Waals surface area (Å²) in [6.45, 7) is 4.27. The summed E-state index contributed by atoms with van der Waals surface area (Å²) < 4.78 is 27.7. The van der Waals surface area contributed by atoms with Crippen molar-refractivity contribution in [3.63, 3.8) is 0 Å². The van der Waals surface area contributed by atoms with Crippen LogP contribution in [-0.4, -0.2) is 5.11 Å². The Morgan fingerprint density at radius 1 is 1.24 bits per heavy atom. The Labute approximate surface area is 124 Å². The Hall–Kier alpha value is -1.47. The van der Waals surface area contributed by atoms with Crippen LogP contribution in [0.5, 0.6) is 0 Å². The maximum atomic E-state index is 13.9. The number of aliphatic hydroxyl groups is 1. The smallest absolute Gasteiger partial charge is 0.132 e. The molecule has 0 heterocycles. The van der Waals surface area contributed by atoms with Gasteiger partial charge in [-0.2, -0.15) is 5.26 Å². The fraction of sp³-hybridized carbons (Fsp3) is 0.588. The van der Waals surface area contributed by atoms with Crippen LogP contribution in [0.25, 0.3) is 0 Å². The predicted molar refractivity (Wildman–Crippen MR) is 76.2 cm³/mol. The minimum Gasteiger partial charge on any atom is -0.387 e. The van der Waals surface area contributed by atoms with E-state index < -0.39 is 23.2 Å². The summed E-state index contributed by atoms with van der Waals surface area (Å²) >= 11 is 0. The van der Waals surface area contributed by atoms with Crippen LogP contribution in [0.1, 0.15) is 51.2 Å². The van der Waals surface area contributed by atoms with Gasteiger partial charge in [0.05, 0.1) is 17.0 Å². The molecule has 0 spiro atoms. The van der Waals surface area contributed by atoms with Crippen LogP contribution in [0, 0.1) is 40.2 Å². The molecule has 1 fully saturated rings. The molecular formula is C17H21F2NO. The minimum atomic E-state index is -1.42. The second-order valence-corrected chi connectivity index (χ2v) is 6.39. The third-order valence-electron chi connectivity index (χ3n) is 4.88. The monoisotopic (exact) mass is 293 g/mol. The van der Waals surface area contributed by atoms with Crippen LogP contribution in [-0.2, 0) is 0 Å². The zero-order valence-corrected chi connectivity index (χ0v) is 12.4. The van der Waals surface area contributed by atoms with E-state index in [4.69, 9.17) is 0 Å². The van der Waals surface area contributed by atoms with Gasteiger partial charge in [-0.25, -0.2) is 8.78 Å². The van der Waals surface area contributed by atoms with Gasteiger partial charge in [0.25, 0.3) is 0 Å². The summed E-state index contributed by atoms with van der Waals surface area (Å²) in [5.41, 5.74) is -1.46. The third kappa shape index (κ3) is 2.94. The van der Waals surface area contributed by atoms with Crippen molar-refractivity contribution in [2.75, 3.05) is 0 Å². The minimum absolute atomic E-state index is 0.373. The van der Waals surface area contributed by atoms with Crippen molar-refractivity contribution >= 4 is 0 Å². The van der Waals surface area contributed by atoms with Crippen LogP contribution in [0.3, 0.4) is 0 Å². The average Bonchev–Trinajstić information content (AvgIpc) is 2.46. The molecule has 21 heavy (non-hydrogen) atoms. The van der Waals surface area contributed by atoms with E-state index >= 15 is 0 Å². The summed E-state index contributed by atoms with van der Waals surface area (Å²) in [5, 5.41) is 20.0. The molecule has 0 aliphatic heterocycles. The summed E-state index contributed by atoms with van der Waals surface area (Å²) in [6.07, 6.45) is 1.14. The SMILES string of the molecule is CC(C)C1CCC(C#N)(C(O)c2c(F)cccc2F)CC1. The number of nitriles is 1. The highest BCUT2D eigenvalue weighted by Crippen LogP contribution is 2.49. The molecule has 2 rings (SSSR count). The first kappa shape index (κ1) is 15.9. The second-order valence-electron chi connectivity index (χ2n) is 6.39. The Kier molecular flexibility index (Phi) is 4.63. The standard InChI is InChI=1S/C17H21F2NO/c1-11(2)12-6-8-17(10-20,9-7-12)16(21)15-13(18)4-3-5-14(15)19/h3-5,11-12,16,21H,6-9H2,1-2H3. The summed E-state index contributed by atoms with van der Waals surface area (Å²) in [7, 11) is 0. The first-order valence-electron chi connectivity index (χ1n) is 7.44. The summed E-state index contributed by atoms with van der Waals surface area (Å²) in [5.74, 6) is -0.556. The molecule has 0 aromatic heterocycles. The number of aliphatic hydroxyl groups excluding tert-OH is 1. The van der Waals surface area contributed by atoms with Gasteiger partial charge in [-0.05, 0) is 49.7 Å². The first-order valence-corrected chi connectivity index (χ1v) is 7.44. The van der Waals surface area contributed by atoms with Crippen molar-refractivity contribution in [2.24, 2.45) is 17.3 Å². The lowest BCUT2D eigenvalue weighted by Crippen LogP contribution is -2.34. The molecule has 4 heteroatoms. The van der Waals surface area contributed by atoms with Crippen LogP contribution in [0.4, 0.5) is 8.78 Å². The molecule has 1 saturated carbocycles. The number of hydrogen-bond donors (Lipinski definition) is 1. The third-order valence-corrected chi connectivity index (χ3v) is 4.88. The Bertz CT molecular complexity index is 522. The van der Waals surface area contributed by atoms with Crippen LogP contribution in [0.2, 0.25) is 0 Å². The molecule has 0 bridgehead atoms. The van der Waals surface area contributed by atoms with E-state index in [2.05, 4.69) is 19.9 Å². The van der Waals surface area contributed by atoms with Gasteiger partial charge < -0.3 is 5.11 Å². The largest absolute Gasteiger partial charge is 0.387 e. The number of benzene rings is 1. The van der Waals surface area contributed by atoms with E-state index in [1.54, 1.807) is 0 Å². The molecule has 0 radical (unpaired) electrons. The molecular weight excluding hydrogens is 272 g/mol. The maximum absolute atomic E-state index is 13.9. The molecule has 1 aromatic carbocycles. The lowest BCUT2D eigenvalue weighted by Gasteiger charge is -2.39. The molecule has 114 valence electrons. The Balaban J connectivity index is 2.28. The van der Waals surface area contributed by atoms with E-state index in [0.29, 0.717) is 24.7 Å². The molecule has 1 aliphatic carbocycles. The first-order chi connectivity index (χ1) is 9.91. The van der Waals surface area contributed by atoms with Crippen molar-refractivity contribution in [1.29, 1.82) is 5.26 Å². The van der Waals surface area contributed by atoms with Crippen molar-refractivity contribution in [1.82, 2.24) is 0 Å². The topological polar surface area (TPSA) is 44.0 Å². The number of halogens is 2. The van der Waals surface area contributed by atoms with Gasteiger partial charge in [0.2, 0.25) is 0 Å². The maximum Gasteiger partial charge on any atom is 0.132 e. The van der Waals surface area contributed by atoms with E-state index in [9.17, 15) is 19.1 Å². The predicted octanol–water partition coefficient (Wildman–Crippen LogP) is 4.35. The normalized spacial score (nSPS) is 27.4. The summed E-state index contributed by atoms with van der Waals surface area (Å²) in [4.78, 5) is 0. The zero-order chi connectivity index (χ0) is 15.6. The fourth-order valence-corrected chi connectivity index (χ4v) is 3.32. The molecule has 1 aliphatic rings. The Morgan fingerprint density at radius 3 is 2.19 bits per heavy atom. The summed E-state index contributed by atoms with van der Waals surface area (Å²) in [6, 6.07) is 5.64. The van der Waals surface area contributed by atoms with Gasteiger partial charge in [-0.3, -0.25) is 0 Å². The van der Waals surface area contributed by atoms with Gasteiger partial charge in [0, 0.05) is 0 Å². The van der Waals surface area contributed by atoms with Crippen LogP contribution < -0.4 is 0 Å². The van der Waals surface area contributed by atoms with Crippen molar-refractivity contribution in [3.8, 4) is 6.07 Å². The number of nitrogens with zero attached hydrogens (tertiary/aromatic N) is 1. The van der Waals surface area contributed by atoms with E-state index in [1.165, 1.54) is 6.07 Å². The molecule has 1 unspecified atom stereocenters. The van der Waals surface area contributed by atoms with Gasteiger partial charge in [0.15, 0.2) is 0 Å². The van der Waals surface area contributed by atoms with Crippen molar-refractivity contribution < 1.29 is 13.9 Å². The van der Waals surface area contributed by atoms with Crippen molar-refractivity contribution in [3.05, 3.63) is 35.4 Å². The number of rotatable bonds is 3. The van der Waals surface area contributed by atoms with Gasteiger partial charge in [0.1, 0.15) is 17.7 Å². The molecule has 1 N–H and O–H groups in total. The quantitative estimate of drug-likeness (QED) is 0.900. The van der Waals surface area contributed by atoms with Gasteiger partial charge >= 0.3 is 0 Å². The lowest BCUT2D eigenvalue weighted by atomic mass is 9.65.